The van der Waals surface area contributed by atoms with Gasteiger partial charge in [-0.2, -0.15) is 5.10 Å². The van der Waals surface area contributed by atoms with Crippen molar-refractivity contribution in [3.8, 4) is 0 Å². The van der Waals surface area contributed by atoms with Crippen LogP contribution in [-0.2, 0) is 13.5 Å². The molecule has 2 rings (SSSR count). The van der Waals surface area contributed by atoms with E-state index in [1.165, 1.54) is 6.42 Å². The second-order valence-electron chi connectivity index (χ2n) is 5.53. The van der Waals surface area contributed by atoms with Gasteiger partial charge in [-0.15, -0.1) is 0 Å². The zero-order chi connectivity index (χ0) is 14.2. The van der Waals surface area contributed by atoms with Crippen molar-refractivity contribution in [3.05, 3.63) is 5.69 Å². The summed E-state index contributed by atoms with van der Waals surface area (Å²) >= 11 is 0. The third-order valence-electron chi connectivity index (χ3n) is 3.98. The monoisotopic (exact) mass is 263 g/mol. The lowest BCUT2D eigenvalue weighted by Crippen LogP contribution is -2.14. The fourth-order valence-corrected chi connectivity index (χ4v) is 2.75. The highest BCUT2D eigenvalue weighted by Crippen LogP contribution is 2.28. The molecule has 2 N–H and O–H groups in total. The van der Waals surface area contributed by atoms with Crippen molar-refractivity contribution in [2.24, 2.45) is 13.0 Å². The smallest absolute Gasteiger partial charge is 0.202 e. The van der Waals surface area contributed by atoms with E-state index in [0.717, 1.165) is 29.7 Å². The lowest BCUT2D eigenvalue weighted by Gasteiger charge is -2.19. The van der Waals surface area contributed by atoms with Gasteiger partial charge in [0.2, 0.25) is 5.95 Å². The molecule has 0 bridgehead atoms. The summed E-state index contributed by atoms with van der Waals surface area (Å²) in [7, 11) is 1.97. The van der Waals surface area contributed by atoms with Crippen LogP contribution >= 0.6 is 0 Å². The van der Waals surface area contributed by atoms with Gasteiger partial charge in [-0.25, -0.2) is 4.98 Å². The molecule has 0 amide bonds. The molecule has 0 aliphatic carbocycles. The Kier molecular flexibility index (Phi) is 3.83. The first-order valence-corrected chi connectivity index (χ1v) is 7.18. The number of hydrogen-bond acceptors (Lipinski definition) is 3. The van der Waals surface area contributed by atoms with Crippen LogP contribution in [0.3, 0.4) is 0 Å². The van der Waals surface area contributed by atoms with Crippen LogP contribution < -0.4 is 5.73 Å². The average Bonchev–Trinajstić information content (AvgIpc) is 2.86. The van der Waals surface area contributed by atoms with Crippen molar-refractivity contribution in [3.63, 3.8) is 0 Å². The molecule has 5 heteroatoms. The van der Waals surface area contributed by atoms with E-state index in [-0.39, 0.29) is 0 Å². The van der Waals surface area contributed by atoms with Crippen molar-refractivity contribution < 1.29 is 0 Å². The van der Waals surface area contributed by atoms with E-state index < -0.39 is 0 Å². The fraction of sp³-hybridized carbons (Fsp3) is 0.714. The summed E-state index contributed by atoms with van der Waals surface area (Å²) in [5.74, 6) is 1.29. The van der Waals surface area contributed by atoms with Crippen molar-refractivity contribution in [2.75, 3.05) is 5.73 Å². The van der Waals surface area contributed by atoms with Crippen molar-refractivity contribution in [1.82, 2.24) is 19.3 Å². The third kappa shape index (κ3) is 2.33. The maximum absolute atomic E-state index is 6.12. The van der Waals surface area contributed by atoms with Crippen LogP contribution in [0.5, 0.6) is 0 Å². The highest BCUT2D eigenvalue weighted by atomic mass is 15.4. The summed E-state index contributed by atoms with van der Waals surface area (Å²) in [6, 6.07) is 0.347. The van der Waals surface area contributed by atoms with E-state index >= 15 is 0 Å². The molecular weight excluding hydrogens is 238 g/mol. The normalized spacial score (nSPS) is 15.0. The first-order valence-electron chi connectivity index (χ1n) is 7.18. The molecule has 19 heavy (non-hydrogen) atoms. The number of nitrogen functional groups attached to an aromatic ring is 1. The Balaban J connectivity index is 2.47. The van der Waals surface area contributed by atoms with Gasteiger partial charge in [0, 0.05) is 13.1 Å². The van der Waals surface area contributed by atoms with E-state index in [0.29, 0.717) is 17.9 Å². The van der Waals surface area contributed by atoms with Crippen LogP contribution in [0.2, 0.25) is 0 Å². The van der Waals surface area contributed by atoms with Gasteiger partial charge in [-0.05, 0) is 25.7 Å². The molecule has 0 spiro atoms. The molecule has 2 atom stereocenters. The maximum atomic E-state index is 6.12. The van der Waals surface area contributed by atoms with E-state index in [9.17, 15) is 0 Å². The molecule has 0 fully saturated rings. The minimum atomic E-state index is 0.347. The Labute approximate surface area is 114 Å². The topological polar surface area (TPSA) is 61.7 Å². The minimum absolute atomic E-state index is 0.347. The Morgan fingerprint density at radius 1 is 1.26 bits per heavy atom. The summed E-state index contributed by atoms with van der Waals surface area (Å²) in [5, 5.41) is 4.53. The van der Waals surface area contributed by atoms with Crippen molar-refractivity contribution >= 4 is 17.1 Å². The number of nitrogens with zero attached hydrogens (tertiary/aromatic N) is 4. The van der Waals surface area contributed by atoms with Gasteiger partial charge in [0.05, 0.1) is 5.69 Å². The van der Waals surface area contributed by atoms with Gasteiger partial charge in [0.15, 0.2) is 5.65 Å². The lowest BCUT2D eigenvalue weighted by atomic mass is 10.0. The summed E-state index contributed by atoms with van der Waals surface area (Å²) in [6.07, 6.45) is 3.18. The third-order valence-corrected chi connectivity index (χ3v) is 3.98. The number of imidazole rings is 1. The molecule has 0 saturated heterocycles. The zero-order valence-electron chi connectivity index (χ0n) is 12.6. The van der Waals surface area contributed by atoms with Crippen LogP contribution in [-0.4, -0.2) is 19.3 Å². The van der Waals surface area contributed by atoms with Gasteiger partial charge < -0.3 is 5.73 Å². The van der Waals surface area contributed by atoms with Crippen LogP contribution in [0.15, 0.2) is 0 Å². The van der Waals surface area contributed by atoms with Gasteiger partial charge >= 0.3 is 0 Å². The highest BCUT2D eigenvalue weighted by Gasteiger charge is 2.21. The van der Waals surface area contributed by atoms with E-state index in [2.05, 4.69) is 42.3 Å². The van der Waals surface area contributed by atoms with Gasteiger partial charge in [0.1, 0.15) is 5.52 Å². The number of rotatable bonds is 5. The van der Waals surface area contributed by atoms with Gasteiger partial charge in [0.25, 0.3) is 0 Å². The number of nitrogens with two attached hydrogens (primary N) is 1. The largest absolute Gasteiger partial charge is 0.369 e. The zero-order valence-corrected chi connectivity index (χ0v) is 12.6. The number of hydrogen-bond donors (Lipinski definition) is 1. The summed E-state index contributed by atoms with van der Waals surface area (Å²) < 4.78 is 4.04. The maximum Gasteiger partial charge on any atom is 0.202 e. The molecule has 2 aromatic heterocycles. The average molecular weight is 263 g/mol. The van der Waals surface area contributed by atoms with E-state index in [1.807, 2.05) is 11.7 Å². The van der Waals surface area contributed by atoms with E-state index in [4.69, 9.17) is 5.73 Å². The molecule has 2 unspecified atom stereocenters. The molecule has 0 aromatic carbocycles. The standard InChI is InChI=1S/C14H25N5/c1-6-9(3)8-10(4)19-13-12(16-14(19)15)11(7-2)17-18(13)5/h9-10H,6-8H2,1-5H3,(H2,15,16). The Hall–Kier alpha value is -1.52. The second-order valence-corrected chi connectivity index (χ2v) is 5.53. The number of fused-ring (bicyclic) bond motifs is 1. The molecule has 2 aromatic rings. The van der Waals surface area contributed by atoms with Crippen molar-refractivity contribution in [2.45, 2.75) is 53.0 Å². The molecule has 0 radical (unpaired) electrons. The molecule has 106 valence electrons. The Bertz CT molecular complexity index is 566. The number of aromatic nitrogens is 4. The molecule has 0 aliphatic heterocycles. The van der Waals surface area contributed by atoms with Gasteiger partial charge in [-0.3, -0.25) is 9.25 Å². The lowest BCUT2D eigenvalue weighted by molar-refractivity contribution is 0.404. The van der Waals surface area contributed by atoms with Crippen LogP contribution in [0, 0.1) is 5.92 Å². The summed E-state index contributed by atoms with van der Waals surface area (Å²) in [5.41, 5.74) is 9.15. The first kappa shape index (κ1) is 13.9. The highest BCUT2D eigenvalue weighted by molar-refractivity contribution is 5.78. The SMILES string of the molecule is CCc1nn(C)c2c1nc(N)n2C(C)CC(C)CC. The fourth-order valence-electron chi connectivity index (χ4n) is 2.75. The Morgan fingerprint density at radius 3 is 2.53 bits per heavy atom. The van der Waals surface area contributed by atoms with Crippen LogP contribution in [0.4, 0.5) is 5.95 Å². The summed E-state index contributed by atoms with van der Waals surface area (Å²) in [6.45, 7) is 8.81. The quantitative estimate of drug-likeness (QED) is 0.902. The molecule has 0 aliphatic rings. The molecule has 2 heterocycles. The second kappa shape index (κ2) is 5.23. The first-order chi connectivity index (χ1) is 8.99. The Morgan fingerprint density at radius 2 is 1.95 bits per heavy atom. The molecule has 5 nitrogen and oxygen atoms in total. The minimum Gasteiger partial charge on any atom is -0.369 e. The predicted molar refractivity (Wildman–Crippen MR) is 79.1 cm³/mol. The molecule has 0 saturated carbocycles. The molecular formula is C14H25N5. The predicted octanol–water partition coefficient (Wildman–Crippen LogP) is 2.91. The number of anilines is 1. The van der Waals surface area contributed by atoms with Crippen molar-refractivity contribution in [1.29, 1.82) is 0 Å². The summed E-state index contributed by atoms with van der Waals surface area (Å²) in [4.78, 5) is 4.52. The van der Waals surface area contributed by atoms with E-state index in [1.54, 1.807) is 0 Å². The van der Waals surface area contributed by atoms with Crippen LogP contribution in [0.1, 0.15) is 52.3 Å². The number of aryl methyl sites for hydroxylation is 2. The van der Waals surface area contributed by atoms with Crippen LogP contribution in [0.25, 0.3) is 11.2 Å². The van der Waals surface area contributed by atoms with Gasteiger partial charge in [-0.1, -0.05) is 27.2 Å².